The van der Waals surface area contributed by atoms with Gasteiger partial charge < -0.3 is 15.7 Å². The van der Waals surface area contributed by atoms with Gasteiger partial charge in [-0.25, -0.2) is 4.79 Å². The highest BCUT2D eigenvalue weighted by Gasteiger charge is 2.01. The Morgan fingerprint density at radius 2 is 2.35 bits per heavy atom. The SMILES string of the molecule is CCCNC(=O)NCc1cc(C#CCO)cs1. The highest BCUT2D eigenvalue weighted by atomic mass is 32.1. The number of aliphatic hydroxyl groups is 1. The average Bonchev–Trinajstić information content (AvgIpc) is 2.79. The Morgan fingerprint density at radius 3 is 3.06 bits per heavy atom. The molecule has 1 aromatic heterocycles. The zero-order valence-corrected chi connectivity index (χ0v) is 10.6. The molecule has 0 aromatic carbocycles. The summed E-state index contributed by atoms with van der Waals surface area (Å²) in [5, 5.41) is 16.0. The van der Waals surface area contributed by atoms with E-state index in [1.807, 2.05) is 18.4 Å². The van der Waals surface area contributed by atoms with Gasteiger partial charge in [-0.1, -0.05) is 18.8 Å². The van der Waals surface area contributed by atoms with Crippen molar-refractivity contribution in [1.82, 2.24) is 10.6 Å². The normalized spacial score (nSPS) is 9.29. The van der Waals surface area contributed by atoms with E-state index in [-0.39, 0.29) is 12.6 Å². The fourth-order valence-corrected chi connectivity index (χ4v) is 1.90. The van der Waals surface area contributed by atoms with Crippen molar-refractivity contribution in [3.05, 3.63) is 21.9 Å². The third-order valence-corrected chi connectivity index (χ3v) is 2.86. The van der Waals surface area contributed by atoms with Crippen molar-refractivity contribution in [3.8, 4) is 11.8 Å². The largest absolute Gasteiger partial charge is 0.384 e. The van der Waals surface area contributed by atoms with Crippen molar-refractivity contribution in [2.75, 3.05) is 13.2 Å². The van der Waals surface area contributed by atoms with Crippen molar-refractivity contribution in [3.63, 3.8) is 0 Å². The van der Waals surface area contributed by atoms with Gasteiger partial charge in [0.05, 0.1) is 6.54 Å². The number of amides is 2. The van der Waals surface area contributed by atoms with E-state index >= 15 is 0 Å². The van der Waals surface area contributed by atoms with E-state index in [1.165, 1.54) is 11.3 Å². The first-order valence-corrected chi connectivity index (χ1v) is 6.33. The first-order chi connectivity index (χ1) is 8.26. The molecule has 0 fully saturated rings. The molecule has 0 atom stereocenters. The summed E-state index contributed by atoms with van der Waals surface area (Å²) in [6.07, 6.45) is 0.924. The molecule has 17 heavy (non-hydrogen) atoms. The van der Waals surface area contributed by atoms with Gasteiger partial charge in [-0.3, -0.25) is 0 Å². The molecule has 4 nitrogen and oxygen atoms in total. The molecule has 0 unspecified atom stereocenters. The van der Waals surface area contributed by atoms with Gasteiger partial charge in [-0.15, -0.1) is 11.3 Å². The lowest BCUT2D eigenvalue weighted by atomic mass is 10.3. The molecular formula is C12H16N2O2S. The lowest BCUT2D eigenvalue weighted by Crippen LogP contribution is -2.35. The minimum atomic E-state index is -0.150. The van der Waals surface area contributed by atoms with Crippen LogP contribution in [0.1, 0.15) is 23.8 Å². The zero-order chi connectivity index (χ0) is 12.5. The maximum atomic E-state index is 11.3. The Hall–Kier alpha value is -1.51. The van der Waals surface area contributed by atoms with Gasteiger partial charge in [-0.2, -0.15) is 0 Å². The van der Waals surface area contributed by atoms with Gasteiger partial charge >= 0.3 is 6.03 Å². The smallest absolute Gasteiger partial charge is 0.315 e. The number of carbonyl (C=O) groups is 1. The third-order valence-electron chi connectivity index (χ3n) is 1.92. The molecule has 1 heterocycles. The molecule has 0 bridgehead atoms. The minimum Gasteiger partial charge on any atom is -0.384 e. The van der Waals surface area contributed by atoms with Gasteiger partial charge in [0.1, 0.15) is 6.61 Å². The van der Waals surface area contributed by atoms with Gasteiger partial charge in [0.15, 0.2) is 0 Å². The maximum absolute atomic E-state index is 11.3. The average molecular weight is 252 g/mol. The minimum absolute atomic E-state index is 0.136. The van der Waals surface area contributed by atoms with Crippen molar-refractivity contribution >= 4 is 17.4 Å². The summed E-state index contributed by atoms with van der Waals surface area (Å²) < 4.78 is 0. The highest BCUT2D eigenvalue weighted by molar-refractivity contribution is 7.10. The van der Waals surface area contributed by atoms with Crippen molar-refractivity contribution in [2.24, 2.45) is 0 Å². The monoisotopic (exact) mass is 252 g/mol. The number of hydrogen-bond acceptors (Lipinski definition) is 3. The Bertz CT molecular complexity index is 418. The summed E-state index contributed by atoms with van der Waals surface area (Å²) in [7, 11) is 0. The van der Waals surface area contributed by atoms with Crippen LogP contribution in [0.15, 0.2) is 11.4 Å². The first-order valence-electron chi connectivity index (χ1n) is 5.45. The summed E-state index contributed by atoms with van der Waals surface area (Å²) in [4.78, 5) is 12.3. The molecule has 1 aromatic rings. The van der Waals surface area contributed by atoms with Crippen LogP contribution in [0, 0.1) is 11.8 Å². The quantitative estimate of drug-likeness (QED) is 0.707. The zero-order valence-electron chi connectivity index (χ0n) is 9.75. The van der Waals surface area contributed by atoms with Crippen molar-refractivity contribution in [2.45, 2.75) is 19.9 Å². The van der Waals surface area contributed by atoms with Crippen LogP contribution in [0.4, 0.5) is 4.79 Å². The molecule has 1 rings (SSSR count). The number of hydrogen-bond donors (Lipinski definition) is 3. The van der Waals surface area contributed by atoms with E-state index in [4.69, 9.17) is 5.11 Å². The molecule has 0 saturated heterocycles. The summed E-state index contributed by atoms with van der Waals surface area (Å²) in [5.41, 5.74) is 0.870. The number of carbonyl (C=O) groups excluding carboxylic acids is 1. The number of urea groups is 1. The molecule has 92 valence electrons. The number of rotatable bonds is 4. The van der Waals surface area contributed by atoms with Crippen LogP contribution in [0.2, 0.25) is 0 Å². The standard InChI is InChI=1S/C12H16N2O2S/c1-2-5-13-12(16)14-8-11-7-10(9-17-11)4-3-6-15/h7,9,15H,2,5-6,8H2,1H3,(H2,13,14,16). The molecule has 0 saturated carbocycles. The number of aliphatic hydroxyl groups excluding tert-OH is 1. The summed E-state index contributed by atoms with van der Waals surface area (Å²) >= 11 is 1.54. The second kappa shape index (κ2) is 7.71. The van der Waals surface area contributed by atoms with Gasteiger partial charge in [0.2, 0.25) is 0 Å². The van der Waals surface area contributed by atoms with Gasteiger partial charge in [-0.05, 0) is 12.5 Å². The van der Waals surface area contributed by atoms with Crippen LogP contribution < -0.4 is 10.6 Å². The Balaban J connectivity index is 2.36. The summed E-state index contributed by atoms with van der Waals surface area (Å²) in [6.45, 7) is 3.05. The Labute approximate surface area is 105 Å². The van der Waals surface area contributed by atoms with Crippen LogP contribution >= 0.6 is 11.3 Å². The third kappa shape index (κ3) is 5.38. The highest BCUT2D eigenvalue weighted by Crippen LogP contribution is 2.13. The van der Waals surface area contributed by atoms with E-state index in [2.05, 4.69) is 22.5 Å². The molecular weight excluding hydrogens is 236 g/mol. The lowest BCUT2D eigenvalue weighted by molar-refractivity contribution is 0.240. The second-order valence-corrected chi connectivity index (χ2v) is 4.37. The molecule has 0 radical (unpaired) electrons. The Kier molecular flexibility index (Phi) is 6.15. The Morgan fingerprint density at radius 1 is 1.53 bits per heavy atom. The van der Waals surface area contributed by atoms with Crippen LogP contribution in [0.5, 0.6) is 0 Å². The molecule has 0 aliphatic heterocycles. The van der Waals surface area contributed by atoms with E-state index < -0.39 is 0 Å². The predicted molar refractivity (Wildman–Crippen MR) is 68.8 cm³/mol. The van der Waals surface area contributed by atoms with Gasteiger partial charge in [0.25, 0.3) is 0 Å². The van der Waals surface area contributed by atoms with Crippen LogP contribution in [0.25, 0.3) is 0 Å². The molecule has 0 aliphatic carbocycles. The lowest BCUT2D eigenvalue weighted by Gasteiger charge is -2.04. The van der Waals surface area contributed by atoms with Crippen LogP contribution in [0.3, 0.4) is 0 Å². The number of nitrogens with one attached hydrogen (secondary N) is 2. The van der Waals surface area contributed by atoms with Crippen LogP contribution in [-0.4, -0.2) is 24.3 Å². The fourth-order valence-electron chi connectivity index (χ4n) is 1.15. The van der Waals surface area contributed by atoms with E-state index in [0.717, 1.165) is 16.9 Å². The van der Waals surface area contributed by atoms with E-state index in [9.17, 15) is 4.79 Å². The first kappa shape index (κ1) is 13.6. The van der Waals surface area contributed by atoms with E-state index in [0.29, 0.717) is 13.1 Å². The number of thiophene rings is 1. The predicted octanol–water partition coefficient (Wildman–Crippen LogP) is 1.30. The molecule has 3 N–H and O–H groups in total. The molecule has 5 heteroatoms. The van der Waals surface area contributed by atoms with Gasteiger partial charge in [0, 0.05) is 22.4 Å². The fraction of sp³-hybridized carbons (Fsp3) is 0.417. The summed E-state index contributed by atoms with van der Waals surface area (Å²) in [5.74, 6) is 5.40. The van der Waals surface area contributed by atoms with Crippen molar-refractivity contribution in [1.29, 1.82) is 0 Å². The molecule has 0 aliphatic rings. The topological polar surface area (TPSA) is 61.4 Å². The molecule has 2 amide bonds. The summed E-state index contributed by atoms with van der Waals surface area (Å²) in [6, 6.07) is 1.76. The maximum Gasteiger partial charge on any atom is 0.315 e. The van der Waals surface area contributed by atoms with Crippen molar-refractivity contribution < 1.29 is 9.90 Å². The molecule has 0 spiro atoms. The van der Waals surface area contributed by atoms with E-state index in [1.54, 1.807) is 0 Å². The second-order valence-electron chi connectivity index (χ2n) is 3.37. The van der Waals surface area contributed by atoms with Crippen LogP contribution in [-0.2, 0) is 6.54 Å².